The molecule has 0 aromatic carbocycles. The highest BCUT2D eigenvalue weighted by atomic mass is 32.1. The molecule has 33 heavy (non-hydrogen) atoms. The van der Waals surface area contributed by atoms with Crippen LogP contribution in [0.2, 0.25) is 0 Å². The van der Waals surface area contributed by atoms with Gasteiger partial charge in [-0.3, -0.25) is 29.0 Å². The van der Waals surface area contributed by atoms with Crippen molar-refractivity contribution >= 4 is 39.8 Å². The maximum Gasteiger partial charge on any atom is 0.257 e. The van der Waals surface area contributed by atoms with Gasteiger partial charge in [-0.15, -0.1) is 11.3 Å². The molecule has 1 atom stereocenters. The predicted octanol–water partition coefficient (Wildman–Crippen LogP) is 2.70. The molecule has 3 saturated heterocycles. The molecular formula is C24H34N4O4S. The van der Waals surface area contributed by atoms with Gasteiger partial charge in [-0.05, 0) is 65.5 Å². The van der Waals surface area contributed by atoms with Crippen LogP contribution in [0.5, 0.6) is 0 Å². The summed E-state index contributed by atoms with van der Waals surface area (Å²) < 4.78 is 0. The van der Waals surface area contributed by atoms with E-state index in [0.29, 0.717) is 47.1 Å². The Kier molecular flexibility index (Phi) is 6.39. The molecule has 4 rings (SSSR count). The van der Waals surface area contributed by atoms with Crippen molar-refractivity contribution in [3.63, 3.8) is 0 Å². The van der Waals surface area contributed by atoms with Gasteiger partial charge in [0.25, 0.3) is 5.91 Å². The number of hydrogen-bond acceptors (Lipinski definition) is 7. The maximum atomic E-state index is 13.2. The molecule has 3 fully saturated rings. The lowest BCUT2D eigenvalue weighted by Gasteiger charge is -2.45. The Morgan fingerprint density at radius 1 is 1.15 bits per heavy atom. The SMILES string of the molecule is CC(=O)c1sc(N)c(C(=O)N2CCC(N3CCCC4(CC(=O)N(C(C)C)C4=O)C3)CC2)c1C. The van der Waals surface area contributed by atoms with E-state index < -0.39 is 5.41 Å². The summed E-state index contributed by atoms with van der Waals surface area (Å²) in [5, 5.41) is 0.405. The Morgan fingerprint density at radius 3 is 2.36 bits per heavy atom. The Morgan fingerprint density at radius 2 is 1.82 bits per heavy atom. The van der Waals surface area contributed by atoms with Crippen LogP contribution in [0.4, 0.5) is 5.00 Å². The quantitative estimate of drug-likeness (QED) is 0.532. The number of Topliss-reactive ketones (excluding diaryl/α,β-unsaturated/α-hetero) is 1. The molecule has 1 aromatic heterocycles. The number of hydrogen-bond donors (Lipinski definition) is 1. The topological polar surface area (TPSA) is 104 Å². The van der Waals surface area contributed by atoms with Crippen molar-refractivity contribution in [2.24, 2.45) is 5.41 Å². The van der Waals surface area contributed by atoms with Crippen molar-refractivity contribution in [3.05, 3.63) is 16.0 Å². The molecule has 1 spiro atoms. The molecule has 0 radical (unpaired) electrons. The highest BCUT2D eigenvalue weighted by Gasteiger charge is 2.54. The lowest BCUT2D eigenvalue weighted by Crippen LogP contribution is -2.54. The Bertz CT molecular complexity index is 995. The molecule has 3 aliphatic heterocycles. The summed E-state index contributed by atoms with van der Waals surface area (Å²) in [5.74, 6) is -0.237. The van der Waals surface area contributed by atoms with Crippen LogP contribution in [0.3, 0.4) is 0 Å². The van der Waals surface area contributed by atoms with Gasteiger partial charge in [0.15, 0.2) is 5.78 Å². The zero-order chi connectivity index (χ0) is 24.1. The number of ketones is 1. The number of carbonyl (C=O) groups is 4. The molecule has 1 unspecified atom stereocenters. The van der Waals surface area contributed by atoms with Gasteiger partial charge >= 0.3 is 0 Å². The second-order valence-corrected chi connectivity index (χ2v) is 11.1. The van der Waals surface area contributed by atoms with Gasteiger partial charge < -0.3 is 10.6 Å². The van der Waals surface area contributed by atoms with Crippen LogP contribution in [0, 0.1) is 12.3 Å². The van der Waals surface area contributed by atoms with E-state index >= 15 is 0 Å². The van der Waals surface area contributed by atoms with Crippen LogP contribution in [-0.2, 0) is 9.59 Å². The van der Waals surface area contributed by atoms with E-state index in [0.717, 1.165) is 32.2 Å². The van der Waals surface area contributed by atoms with Crippen LogP contribution in [0.15, 0.2) is 0 Å². The van der Waals surface area contributed by atoms with Crippen molar-refractivity contribution in [3.8, 4) is 0 Å². The average Bonchev–Trinajstić information content (AvgIpc) is 3.19. The number of piperidine rings is 2. The number of nitrogens with two attached hydrogens (primary N) is 1. The second-order valence-electron chi connectivity index (χ2n) is 10.1. The van der Waals surface area contributed by atoms with Crippen LogP contribution in [0.1, 0.15) is 78.5 Å². The fourth-order valence-corrected chi connectivity index (χ4v) is 6.83. The summed E-state index contributed by atoms with van der Waals surface area (Å²) in [5.41, 5.74) is 6.65. The molecule has 0 bridgehead atoms. The monoisotopic (exact) mass is 474 g/mol. The largest absolute Gasteiger partial charge is 0.390 e. The number of likely N-dealkylation sites (tertiary alicyclic amines) is 3. The number of nitrogen functional groups attached to an aromatic ring is 1. The molecule has 3 aliphatic rings. The van der Waals surface area contributed by atoms with Crippen molar-refractivity contribution in [1.82, 2.24) is 14.7 Å². The molecular weight excluding hydrogens is 440 g/mol. The Balaban J connectivity index is 1.41. The van der Waals surface area contributed by atoms with Gasteiger partial charge in [-0.1, -0.05) is 0 Å². The minimum absolute atomic E-state index is 0.00972. The van der Waals surface area contributed by atoms with Crippen molar-refractivity contribution in [1.29, 1.82) is 0 Å². The van der Waals surface area contributed by atoms with Crippen LogP contribution in [0.25, 0.3) is 0 Å². The van der Waals surface area contributed by atoms with E-state index in [1.807, 2.05) is 18.7 Å². The number of nitrogens with zero attached hydrogens (tertiary/aromatic N) is 3. The summed E-state index contributed by atoms with van der Waals surface area (Å²) in [6.07, 6.45) is 3.63. The minimum atomic E-state index is -0.585. The summed E-state index contributed by atoms with van der Waals surface area (Å²) in [7, 11) is 0. The van der Waals surface area contributed by atoms with E-state index in [4.69, 9.17) is 5.73 Å². The van der Waals surface area contributed by atoms with Gasteiger partial charge in [-0.2, -0.15) is 0 Å². The third-order valence-corrected chi connectivity index (χ3v) is 8.75. The van der Waals surface area contributed by atoms with Crippen molar-refractivity contribution < 1.29 is 19.2 Å². The standard InChI is InChI=1S/C24H34N4O4S/c1-14(2)28-18(30)12-24(23(28)32)8-5-9-27(13-24)17-6-10-26(11-7-17)22(31)19-15(3)20(16(4)29)33-21(19)25/h14,17H,5-13,25H2,1-4H3. The molecule has 3 amide bonds. The molecule has 8 nitrogen and oxygen atoms in total. The maximum absolute atomic E-state index is 13.2. The van der Waals surface area contributed by atoms with E-state index in [1.165, 1.54) is 23.2 Å². The fourth-order valence-electron chi connectivity index (χ4n) is 5.87. The van der Waals surface area contributed by atoms with Crippen LogP contribution >= 0.6 is 11.3 Å². The average molecular weight is 475 g/mol. The zero-order valence-electron chi connectivity index (χ0n) is 20.0. The number of carbonyl (C=O) groups excluding carboxylic acids is 4. The molecule has 9 heteroatoms. The lowest BCUT2D eigenvalue weighted by molar-refractivity contribution is -0.145. The molecule has 4 heterocycles. The normalized spacial score (nSPS) is 25.0. The second kappa shape index (κ2) is 8.83. The zero-order valence-corrected chi connectivity index (χ0v) is 20.8. The molecule has 0 aliphatic carbocycles. The molecule has 180 valence electrons. The number of anilines is 1. The van der Waals surface area contributed by atoms with E-state index in [1.54, 1.807) is 6.92 Å². The predicted molar refractivity (Wildman–Crippen MR) is 127 cm³/mol. The van der Waals surface area contributed by atoms with Crippen molar-refractivity contribution in [2.45, 2.75) is 71.9 Å². The first-order valence-corrected chi connectivity index (χ1v) is 12.7. The van der Waals surface area contributed by atoms with Crippen molar-refractivity contribution in [2.75, 3.05) is 31.9 Å². The fraction of sp³-hybridized carbons (Fsp3) is 0.667. The Labute approximate surface area is 199 Å². The highest BCUT2D eigenvalue weighted by Crippen LogP contribution is 2.43. The summed E-state index contributed by atoms with van der Waals surface area (Å²) in [4.78, 5) is 56.9. The number of thiophene rings is 1. The first-order chi connectivity index (χ1) is 15.6. The van der Waals surface area contributed by atoms with Crippen LogP contribution < -0.4 is 5.73 Å². The van der Waals surface area contributed by atoms with E-state index in [2.05, 4.69) is 4.90 Å². The number of amides is 3. The van der Waals surface area contributed by atoms with Gasteiger partial charge in [0.05, 0.1) is 20.9 Å². The summed E-state index contributed by atoms with van der Waals surface area (Å²) >= 11 is 1.19. The highest BCUT2D eigenvalue weighted by molar-refractivity contribution is 7.18. The van der Waals surface area contributed by atoms with Gasteiger partial charge in [-0.25, -0.2) is 0 Å². The van der Waals surface area contributed by atoms with Gasteiger partial charge in [0.1, 0.15) is 0 Å². The lowest BCUT2D eigenvalue weighted by atomic mass is 9.77. The third-order valence-electron chi connectivity index (χ3n) is 7.53. The molecule has 1 aromatic rings. The first-order valence-electron chi connectivity index (χ1n) is 11.9. The van der Waals surface area contributed by atoms with Gasteiger partial charge in [0, 0.05) is 38.1 Å². The molecule has 2 N–H and O–H groups in total. The number of imide groups is 1. The molecule has 0 saturated carbocycles. The third kappa shape index (κ3) is 4.10. The number of rotatable bonds is 4. The Hall–Kier alpha value is -2.26. The first kappa shape index (κ1) is 23.9. The minimum Gasteiger partial charge on any atom is -0.390 e. The smallest absolute Gasteiger partial charge is 0.257 e. The van der Waals surface area contributed by atoms with E-state index in [-0.39, 0.29) is 35.6 Å². The van der Waals surface area contributed by atoms with E-state index in [9.17, 15) is 19.2 Å². The summed E-state index contributed by atoms with van der Waals surface area (Å²) in [6.45, 7) is 9.83. The van der Waals surface area contributed by atoms with Gasteiger partial charge in [0.2, 0.25) is 11.8 Å². The summed E-state index contributed by atoms with van der Waals surface area (Å²) in [6, 6.07) is 0.182. The van der Waals surface area contributed by atoms with Crippen LogP contribution in [-0.4, -0.2) is 76.5 Å².